The number of aryl methyl sites for hydroxylation is 1. The van der Waals surface area contributed by atoms with Crippen molar-refractivity contribution in [2.75, 3.05) is 26.2 Å². The predicted octanol–water partition coefficient (Wildman–Crippen LogP) is 3.25. The van der Waals surface area contributed by atoms with Crippen LogP contribution in [0.4, 0.5) is 4.39 Å². The maximum absolute atomic E-state index is 13.3. The van der Waals surface area contributed by atoms with Crippen LogP contribution in [0.1, 0.15) is 43.8 Å². The topological polar surface area (TPSA) is 80.6 Å². The summed E-state index contributed by atoms with van der Waals surface area (Å²) in [6.45, 7) is 4.15. The maximum Gasteiger partial charge on any atom is 0.276 e. The molecule has 176 valence electrons. The van der Waals surface area contributed by atoms with Gasteiger partial charge in [-0.25, -0.2) is 9.07 Å². The second-order valence-corrected chi connectivity index (χ2v) is 8.89. The Morgan fingerprint density at radius 1 is 1.03 bits per heavy atom. The van der Waals surface area contributed by atoms with E-state index in [9.17, 15) is 14.0 Å². The number of carbonyl (C=O) groups excluding carboxylic acids is 2. The lowest BCUT2D eigenvalue weighted by atomic mass is 10.1. The number of hydrogen-bond donors (Lipinski definition) is 0. The summed E-state index contributed by atoms with van der Waals surface area (Å²) < 4.78 is 21.0. The molecule has 10 heteroatoms. The van der Waals surface area contributed by atoms with Crippen molar-refractivity contribution in [2.45, 2.75) is 26.2 Å². The van der Waals surface area contributed by atoms with E-state index in [2.05, 4.69) is 10.3 Å². The third-order valence-corrected chi connectivity index (χ3v) is 6.58. The Balaban J connectivity index is 1.23. The van der Waals surface area contributed by atoms with Gasteiger partial charge in [0, 0.05) is 26.2 Å². The molecule has 1 unspecified atom stereocenters. The molecule has 3 aromatic rings. The van der Waals surface area contributed by atoms with E-state index in [4.69, 9.17) is 16.3 Å². The molecule has 5 rings (SSSR count). The lowest BCUT2D eigenvalue weighted by Crippen LogP contribution is -2.51. The van der Waals surface area contributed by atoms with Gasteiger partial charge in [-0.15, -0.1) is 5.10 Å². The second kappa shape index (κ2) is 9.15. The molecule has 0 N–H and O–H groups in total. The Morgan fingerprint density at radius 2 is 1.71 bits per heavy atom. The predicted molar refractivity (Wildman–Crippen MR) is 122 cm³/mol. The molecule has 3 heterocycles. The van der Waals surface area contributed by atoms with Crippen LogP contribution in [0.3, 0.4) is 0 Å². The van der Waals surface area contributed by atoms with Gasteiger partial charge in [-0.3, -0.25) is 9.59 Å². The van der Waals surface area contributed by atoms with Crippen LogP contribution in [0.15, 0.2) is 42.5 Å². The average Bonchev–Trinajstić information content (AvgIpc) is 3.27. The van der Waals surface area contributed by atoms with Gasteiger partial charge in [-0.2, -0.15) is 0 Å². The zero-order chi connectivity index (χ0) is 23.8. The van der Waals surface area contributed by atoms with Crippen LogP contribution in [-0.4, -0.2) is 62.8 Å². The Bertz CT molecular complexity index is 1240. The molecule has 0 saturated carbocycles. The number of ether oxygens (including phenoxy) is 1. The smallest absolute Gasteiger partial charge is 0.276 e. The van der Waals surface area contributed by atoms with Gasteiger partial charge in [-0.1, -0.05) is 46.6 Å². The Hall–Kier alpha value is -3.30. The Morgan fingerprint density at radius 3 is 2.38 bits per heavy atom. The molecule has 8 nitrogen and oxygen atoms in total. The molecule has 0 radical (unpaired) electrons. The molecule has 34 heavy (non-hydrogen) atoms. The molecular formula is C24H23ClFN5O3. The summed E-state index contributed by atoms with van der Waals surface area (Å²) in [6, 6.07) is 11.9. The highest BCUT2D eigenvalue weighted by Gasteiger charge is 2.32. The molecule has 1 aromatic heterocycles. The minimum atomic E-state index is -0.497. The van der Waals surface area contributed by atoms with Crippen LogP contribution in [0, 0.1) is 12.7 Å². The fraction of sp³-hybridized carbons (Fsp3) is 0.333. The molecule has 1 fully saturated rings. The molecule has 2 aliphatic rings. The molecule has 2 aliphatic heterocycles. The number of rotatable bonds is 3. The van der Waals surface area contributed by atoms with Gasteiger partial charge in [0.1, 0.15) is 11.9 Å². The van der Waals surface area contributed by atoms with Gasteiger partial charge in [0.25, 0.3) is 11.8 Å². The third kappa shape index (κ3) is 4.28. The van der Waals surface area contributed by atoms with Crippen LogP contribution in [-0.2, 0) is 17.9 Å². The highest BCUT2D eigenvalue weighted by Crippen LogP contribution is 2.28. The monoisotopic (exact) mass is 483 g/mol. The molecule has 1 atom stereocenters. The Labute approximate surface area is 200 Å². The number of carbonyl (C=O) groups is 2. The van der Waals surface area contributed by atoms with Crippen LogP contribution in [0.2, 0.25) is 5.02 Å². The van der Waals surface area contributed by atoms with E-state index in [0.717, 1.165) is 11.6 Å². The van der Waals surface area contributed by atoms with Crippen molar-refractivity contribution in [3.05, 3.63) is 81.4 Å². The number of nitrogens with zero attached hydrogens (tertiary/aromatic N) is 5. The molecule has 1 saturated heterocycles. The van der Waals surface area contributed by atoms with E-state index in [1.807, 2.05) is 31.2 Å². The van der Waals surface area contributed by atoms with E-state index >= 15 is 0 Å². The van der Waals surface area contributed by atoms with Crippen LogP contribution in [0.5, 0.6) is 0 Å². The SMILES string of the molecule is Cc1ccc(C2Cn3nnc(C(=O)N4CCN(C(=O)c5ccc(F)cc5Cl)CC4)c3CO2)cc1. The first-order valence-electron chi connectivity index (χ1n) is 11.0. The van der Waals surface area contributed by atoms with Crippen molar-refractivity contribution in [3.63, 3.8) is 0 Å². The molecule has 2 amide bonds. The molecule has 0 aliphatic carbocycles. The van der Waals surface area contributed by atoms with Gasteiger partial charge in [-0.05, 0) is 30.7 Å². The summed E-state index contributed by atoms with van der Waals surface area (Å²) >= 11 is 6.03. The largest absolute Gasteiger partial charge is 0.365 e. The van der Waals surface area contributed by atoms with Gasteiger partial charge < -0.3 is 14.5 Å². The highest BCUT2D eigenvalue weighted by atomic mass is 35.5. The fourth-order valence-corrected chi connectivity index (χ4v) is 4.50. The van der Waals surface area contributed by atoms with Gasteiger partial charge in [0.05, 0.1) is 29.4 Å². The van der Waals surface area contributed by atoms with Crippen molar-refractivity contribution in [1.82, 2.24) is 24.8 Å². The van der Waals surface area contributed by atoms with Gasteiger partial charge in [0.15, 0.2) is 5.69 Å². The van der Waals surface area contributed by atoms with Gasteiger partial charge in [0.2, 0.25) is 0 Å². The fourth-order valence-electron chi connectivity index (χ4n) is 4.26. The lowest BCUT2D eigenvalue weighted by molar-refractivity contribution is -0.00203. The first-order valence-corrected chi connectivity index (χ1v) is 11.4. The van der Waals surface area contributed by atoms with E-state index in [-0.39, 0.29) is 40.8 Å². The molecule has 0 spiro atoms. The maximum atomic E-state index is 13.3. The number of halogens is 2. The summed E-state index contributed by atoms with van der Waals surface area (Å²) in [4.78, 5) is 29.2. The normalized spacial score (nSPS) is 18.0. The first kappa shape index (κ1) is 22.5. The second-order valence-electron chi connectivity index (χ2n) is 8.49. The molecular weight excluding hydrogens is 461 g/mol. The van der Waals surface area contributed by atoms with Crippen LogP contribution in [0.25, 0.3) is 0 Å². The number of aromatic nitrogens is 3. The lowest BCUT2D eigenvalue weighted by Gasteiger charge is -2.34. The Kier molecular flexibility index (Phi) is 6.05. The zero-order valence-corrected chi connectivity index (χ0v) is 19.3. The van der Waals surface area contributed by atoms with E-state index < -0.39 is 5.82 Å². The van der Waals surface area contributed by atoms with E-state index in [1.165, 1.54) is 17.7 Å². The third-order valence-electron chi connectivity index (χ3n) is 6.26. The number of amides is 2. The van der Waals surface area contributed by atoms with Crippen molar-refractivity contribution < 1.29 is 18.7 Å². The summed E-state index contributed by atoms with van der Waals surface area (Å²) in [7, 11) is 0. The van der Waals surface area contributed by atoms with Crippen molar-refractivity contribution in [1.29, 1.82) is 0 Å². The standard InChI is InChI=1S/C24H23ClFN5O3/c1-15-2-4-16(5-3-15)21-13-31-20(14-34-21)22(27-28-31)24(33)30-10-8-29(9-11-30)23(32)18-7-6-17(26)12-19(18)25/h2-7,12,21H,8-11,13-14H2,1H3. The minimum Gasteiger partial charge on any atom is -0.365 e. The van der Waals surface area contributed by atoms with Crippen molar-refractivity contribution in [2.24, 2.45) is 0 Å². The van der Waals surface area contributed by atoms with Crippen molar-refractivity contribution in [3.8, 4) is 0 Å². The zero-order valence-electron chi connectivity index (χ0n) is 18.6. The number of hydrogen-bond acceptors (Lipinski definition) is 5. The number of benzene rings is 2. The van der Waals surface area contributed by atoms with E-state index in [0.29, 0.717) is 38.4 Å². The highest BCUT2D eigenvalue weighted by molar-refractivity contribution is 6.33. The summed E-state index contributed by atoms with van der Waals surface area (Å²) in [5.74, 6) is -1.01. The number of piperazine rings is 1. The van der Waals surface area contributed by atoms with Crippen molar-refractivity contribution >= 4 is 23.4 Å². The van der Waals surface area contributed by atoms with Crippen LogP contribution < -0.4 is 0 Å². The summed E-state index contributed by atoms with van der Waals surface area (Å²) in [5, 5.41) is 8.41. The summed E-state index contributed by atoms with van der Waals surface area (Å²) in [5.41, 5.74) is 3.42. The van der Waals surface area contributed by atoms with Gasteiger partial charge >= 0.3 is 0 Å². The summed E-state index contributed by atoms with van der Waals surface area (Å²) in [6.07, 6.45) is -0.148. The van der Waals surface area contributed by atoms with Crippen LogP contribution >= 0.6 is 11.6 Å². The van der Waals surface area contributed by atoms with E-state index in [1.54, 1.807) is 14.5 Å². The first-order chi connectivity index (χ1) is 16.4. The molecule has 0 bridgehead atoms. The molecule has 2 aromatic carbocycles. The quantitative estimate of drug-likeness (QED) is 0.571. The average molecular weight is 484 g/mol. The number of fused-ring (bicyclic) bond motifs is 1. The minimum absolute atomic E-state index is 0.0724.